The Labute approximate surface area is 202 Å². The fourth-order valence-electron chi connectivity index (χ4n) is 3.79. The molecule has 34 heavy (non-hydrogen) atoms. The minimum absolute atomic E-state index is 0.0947. The molecule has 1 saturated heterocycles. The van der Waals surface area contributed by atoms with Crippen LogP contribution >= 0.6 is 11.3 Å². The predicted molar refractivity (Wildman–Crippen MR) is 132 cm³/mol. The van der Waals surface area contributed by atoms with Crippen molar-refractivity contribution in [3.8, 4) is 5.75 Å². The van der Waals surface area contributed by atoms with Crippen molar-refractivity contribution in [3.05, 3.63) is 47.5 Å². The molecule has 4 rings (SSSR count). The molecule has 2 heterocycles. The number of amides is 1. The number of rotatable bonds is 9. The Morgan fingerprint density at radius 3 is 2.53 bits per heavy atom. The first-order chi connectivity index (χ1) is 16.5. The van der Waals surface area contributed by atoms with Gasteiger partial charge in [-0.3, -0.25) is 20.2 Å². The minimum Gasteiger partial charge on any atom is -0.494 e. The zero-order chi connectivity index (χ0) is 24.1. The Morgan fingerprint density at radius 1 is 1.15 bits per heavy atom. The lowest BCUT2D eigenvalue weighted by atomic mass is 10.1. The molecule has 1 unspecified atom stereocenters. The molecule has 0 saturated carbocycles. The van der Waals surface area contributed by atoms with Crippen molar-refractivity contribution in [1.82, 2.24) is 10.3 Å². The number of methoxy groups -OCH3 is 2. The number of fused-ring (bicyclic) bond motifs is 1. The first kappa shape index (κ1) is 24.1. The minimum atomic E-state index is -0.652. The van der Waals surface area contributed by atoms with Gasteiger partial charge in [0, 0.05) is 32.3 Å². The van der Waals surface area contributed by atoms with E-state index in [0.717, 1.165) is 34.6 Å². The quantitative estimate of drug-likeness (QED) is 0.447. The smallest absolute Gasteiger partial charge is 0.257 e. The molecule has 1 amide bonds. The van der Waals surface area contributed by atoms with E-state index in [9.17, 15) is 9.59 Å². The summed E-state index contributed by atoms with van der Waals surface area (Å²) in [4.78, 5) is 31.2. The molecule has 0 bridgehead atoms. The first-order valence-corrected chi connectivity index (χ1v) is 11.8. The summed E-state index contributed by atoms with van der Waals surface area (Å²) < 4.78 is 17.0. The van der Waals surface area contributed by atoms with Gasteiger partial charge in [-0.15, -0.1) is 0 Å². The molecule has 3 aromatic rings. The number of carbonyl (C=O) groups excluding carboxylic acids is 2. The maximum atomic E-state index is 12.9. The van der Waals surface area contributed by atoms with Crippen LogP contribution < -0.4 is 20.3 Å². The number of thiazole rings is 1. The van der Waals surface area contributed by atoms with Gasteiger partial charge in [-0.1, -0.05) is 23.5 Å². The molecule has 0 radical (unpaired) electrons. The monoisotopic (exact) mass is 484 g/mol. The lowest BCUT2D eigenvalue weighted by Crippen LogP contribution is -2.36. The predicted octanol–water partition coefficient (Wildman–Crippen LogP) is 3.04. The second-order valence-electron chi connectivity index (χ2n) is 7.84. The van der Waals surface area contributed by atoms with Crippen molar-refractivity contribution in [2.45, 2.75) is 19.7 Å². The number of aromatic nitrogens is 1. The average molecular weight is 485 g/mol. The Bertz CT molecular complexity index is 1160. The number of hydrogen-bond acceptors (Lipinski definition) is 9. The number of nitrogens with one attached hydrogen (secondary N) is 2. The molecule has 1 fully saturated rings. The molecule has 1 atom stereocenters. The lowest BCUT2D eigenvalue weighted by Gasteiger charge is -2.29. The van der Waals surface area contributed by atoms with Crippen LogP contribution in [0.1, 0.15) is 22.8 Å². The maximum Gasteiger partial charge on any atom is 0.257 e. The Hall–Kier alpha value is -3.05. The summed E-state index contributed by atoms with van der Waals surface area (Å²) in [5.74, 6) is 0.326. The van der Waals surface area contributed by atoms with Crippen LogP contribution in [0.2, 0.25) is 0 Å². The van der Waals surface area contributed by atoms with Gasteiger partial charge in [-0.25, -0.2) is 4.98 Å². The van der Waals surface area contributed by atoms with E-state index < -0.39 is 6.23 Å². The third-order valence-electron chi connectivity index (χ3n) is 5.59. The second-order valence-corrected chi connectivity index (χ2v) is 8.84. The number of ketones is 1. The highest BCUT2D eigenvalue weighted by molar-refractivity contribution is 7.23. The molecule has 1 aliphatic rings. The van der Waals surface area contributed by atoms with Gasteiger partial charge in [0.25, 0.3) is 5.91 Å². The lowest BCUT2D eigenvalue weighted by molar-refractivity contribution is -0.128. The topological polar surface area (TPSA) is 102 Å². The van der Waals surface area contributed by atoms with Crippen molar-refractivity contribution in [3.63, 3.8) is 0 Å². The van der Waals surface area contributed by atoms with Crippen molar-refractivity contribution in [1.29, 1.82) is 0 Å². The Balaban J connectivity index is 1.48. The summed E-state index contributed by atoms with van der Waals surface area (Å²) in [5.41, 5.74) is 3.23. The van der Waals surface area contributed by atoms with Gasteiger partial charge >= 0.3 is 0 Å². The van der Waals surface area contributed by atoms with E-state index in [4.69, 9.17) is 14.2 Å². The van der Waals surface area contributed by atoms with Crippen LogP contribution in [0.25, 0.3) is 10.2 Å². The van der Waals surface area contributed by atoms with Crippen molar-refractivity contribution in [2.75, 3.05) is 50.7 Å². The number of Topliss-reactive ketones (excluding diaryl/α,β-unsaturated/α-hetero) is 1. The number of nitrogens with zero attached hydrogens (tertiary/aromatic N) is 2. The fraction of sp³-hybridized carbons (Fsp3) is 0.375. The Kier molecular flexibility index (Phi) is 7.73. The van der Waals surface area contributed by atoms with E-state index in [1.807, 2.05) is 24.3 Å². The van der Waals surface area contributed by atoms with Crippen LogP contribution in [0.15, 0.2) is 36.4 Å². The molecule has 0 aliphatic carbocycles. The van der Waals surface area contributed by atoms with Crippen LogP contribution in [0.3, 0.4) is 0 Å². The molecular weight excluding hydrogens is 456 g/mol. The highest BCUT2D eigenvalue weighted by Crippen LogP contribution is 2.39. The van der Waals surface area contributed by atoms with Crippen LogP contribution in [-0.2, 0) is 20.8 Å². The number of morpholine rings is 1. The highest BCUT2D eigenvalue weighted by Gasteiger charge is 2.20. The summed E-state index contributed by atoms with van der Waals surface area (Å²) >= 11 is 1.43. The number of hydrogen-bond donors (Lipinski definition) is 2. The standard InChI is InChI=1S/C24H28N4O5S/c1-15(29)23(32-3)25-14-16-4-6-17(7-5-16)22(30)27-24-26-20-19(31-2)9-8-18(21(20)34-24)28-10-12-33-13-11-28/h4-9,23,25H,10-14H2,1-3H3,(H,26,27,30). The van der Waals surface area contributed by atoms with Crippen LogP contribution in [0.4, 0.5) is 10.8 Å². The van der Waals surface area contributed by atoms with Gasteiger partial charge in [-0.2, -0.15) is 0 Å². The van der Waals surface area contributed by atoms with E-state index in [0.29, 0.717) is 36.2 Å². The van der Waals surface area contributed by atoms with Crippen molar-refractivity contribution >= 4 is 44.1 Å². The maximum absolute atomic E-state index is 12.9. The zero-order valence-electron chi connectivity index (χ0n) is 19.4. The molecular formula is C24H28N4O5S. The normalized spacial score (nSPS) is 14.7. The van der Waals surface area contributed by atoms with Crippen LogP contribution in [0, 0.1) is 0 Å². The SMILES string of the molecule is COc1ccc(N2CCOCC2)c2sc(NC(=O)c3ccc(CNC(OC)C(C)=O)cc3)nc12. The van der Waals surface area contributed by atoms with Gasteiger partial charge in [0.2, 0.25) is 0 Å². The van der Waals surface area contributed by atoms with E-state index in [1.165, 1.54) is 25.4 Å². The number of carbonyl (C=O) groups is 2. The highest BCUT2D eigenvalue weighted by atomic mass is 32.1. The Morgan fingerprint density at radius 2 is 1.88 bits per heavy atom. The largest absolute Gasteiger partial charge is 0.494 e. The summed E-state index contributed by atoms with van der Waals surface area (Å²) in [6, 6.07) is 11.1. The molecule has 1 aromatic heterocycles. The summed E-state index contributed by atoms with van der Waals surface area (Å²) in [6.45, 7) is 4.89. The second kappa shape index (κ2) is 10.9. The number of benzene rings is 2. The van der Waals surface area contributed by atoms with E-state index in [2.05, 4.69) is 20.5 Å². The third kappa shape index (κ3) is 5.36. The van der Waals surface area contributed by atoms with E-state index in [-0.39, 0.29) is 11.7 Å². The van der Waals surface area contributed by atoms with Crippen molar-refractivity contribution < 1.29 is 23.8 Å². The molecule has 0 spiro atoms. The van der Waals surface area contributed by atoms with E-state index >= 15 is 0 Å². The van der Waals surface area contributed by atoms with Gasteiger partial charge < -0.3 is 19.1 Å². The molecule has 1 aliphatic heterocycles. The van der Waals surface area contributed by atoms with Gasteiger partial charge in [0.15, 0.2) is 17.1 Å². The number of ether oxygens (including phenoxy) is 3. The fourth-order valence-corrected chi connectivity index (χ4v) is 4.81. The third-order valence-corrected chi connectivity index (χ3v) is 6.58. The summed E-state index contributed by atoms with van der Waals surface area (Å²) in [5, 5.41) is 6.45. The molecule has 10 heteroatoms. The zero-order valence-corrected chi connectivity index (χ0v) is 20.2. The summed E-state index contributed by atoms with van der Waals surface area (Å²) in [6.07, 6.45) is -0.652. The van der Waals surface area contributed by atoms with Crippen molar-refractivity contribution in [2.24, 2.45) is 0 Å². The molecule has 9 nitrogen and oxygen atoms in total. The summed E-state index contributed by atoms with van der Waals surface area (Å²) in [7, 11) is 3.09. The number of anilines is 2. The molecule has 2 aromatic carbocycles. The van der Waals surface area contributed by atoms with Crippen LogP contribution in [0.5, 0.6) is 5.75 Å². The molecule has 180 valence electrons. The van der Waals surface area contributed by atoms with Crippen LogP contribution in [-0.4, -0.2) is 63.4 Å². The molecule has 2 N–H and O–H groups in total. The van der Waals surface area contributed by atoms with E-state index in [1.54, 1.807) is 19.2 Å². The van der Waals surface area contributed by atoms with Gasteiger partial charge in [0.1, 0.15) is 11.3 Å². The first-order valence-electron chi connectivity index (χ1n) is 11.0. The van der Waals surface area contributed by atoms with Gasteiger partial charge in [0.05, 0.1) is 30.7 Å². The average Bonchev–Trinajstić information content (AvgIpc) is 3.28. The van der Waals surface area contributed by atoms with Gasteiger partial charge in [-0.05, 0) is 36.8 Å².